The molecule has 2 aromatic rings. The second-order valence-corrected chi connectivity index (χ2v) is 4.79. The zero-order chi connectivity index (χ0) is 18.4. The zero-order valence-corrected chi connectivity index (χ0v) is 12.6. The summed E-state index contributed by atoms with van der Waals surface area (Å²) in [7, 11) is 0. The number of rotatable bonds is 6. The number of ether oxygens (including phenoxy) is 1. The van der Waals surface area contributed by atoms with Gasteiger partial charge in [-0.05, 0) is 24.3 Å². The molecule has 0 saturated heterocycles. The molecule has 0 saturated carbocycles. The number of halogens is 1. The van der Waals surface area contributed by atoms with E-state index in [4.69, 9.17) is 4.74 Å². The third-order valence-electron chi connectivity index (χ3n) is 3.04. The number of nitro benzene ring substituents is 1. The van der Waals surface area contributed by atoms with Crippen LogP contribution in [0.2, 0.25) is 0 Å². The normalized spacial score (nSPS) is 9.96. The van der Waals surface area contributed by atoms with Crippen LogP contribution in [0.25, 0.3) is 0 Å². The second kappa shape index (κ2) is 7.77. The van der Waals surface area contributed by atoms with E-state index in [1.165, 1.54) is 24.3 Å². The van der Waals surface area contributed by atoms with E-state index in [9.17, 15) is 28.9 Å². The number of anilines is 1. The lowest BCUT2D eigenvalue weighted by Crippen LogP contribution is -2.21. The highest BCUT2D eigenvalue weighted by atomic mass is 19.1. The van der Waals surface area contributed by atoms with Gasteiger partial charge < -0.3 is 10.1 Å². The van der Waals surface area contributed by atoms with Crippen molar-refractivity contribution in [2.24, 2.45) is 0 Å². The van der Waals surface area contributed by atoms with Crippen LogP contribution >= 0.6 is 0 Å². The number of nitro groups is 1. The Morgan fingerprint density at radius 2 is 1.88 bits per heavy atom. The summed E-state index contributed by atoms with van der Waals surface area (Å²) in [5, 5.41) is 12.9. The quantitative estimate of drug-likeness (QED) is 0.371. The van der Waals surface area contributed by atoms with E-state index in [-0.39, 0.29) is 11.3 Å². The van der Waals surface area contributed by atoms with Crippen molar-refractivity contribution in [2.75, 3.05) is 11.9 Å². The SMILES string of the molecule is O=Cc1ccc(C(=O)OCC(=O)Nc2ccc(F)c([N+](=O)[O-])c2)cc1. The van der Waals surface area contributed by atoms with Crippen LogP contribution in [0, 0.1) is 15.9 Å². The number of esters is 1. The zero-order valence-electron chi connectivity index (χ0n) is 12.6. The Morgan fingerprint density at radius 3 is 2.48 bits per heavy atom. The first-order valence-corrected chi connectivity index (χ1v) is 6.87. The smallest absolute Gasteiger partial charge is 0.338 e. The minimum Gasteiger partial charge on any atom is -0.452 e. The number of aldehydes is 1. The van der Waals surface area contributed by atoms with Gasteiger partial charge in [-0.25, -0.2) is 4.79 Å². The maximum absolute atomic E-state index is 13.2. The number of nitrogens with zero attached hydrogens (tertiary/aromatic N) is 1. The standard InChI is InChI=1S/C16H11FN2O6/c17-13-6-5-12(7-14(13)19(23)24)18-15(21)9-25-16(22)11-3-1-10(8-20)2-4-11/h1-8H,9H2,(H,18,21). The van der Waals surface area contributed by atoms with E-state index < -0.39 is 34.9 Å². The van der Waals surface area contributed by atoms with Crippen LogP contribution in [0.3, 0.4) is 0 Å². The molecule has 0 aliphatic heterocycles. The number of hydrogen-bond donors (Lipinski definition) is 1. The number of nitrogens with one attached hydrogen (secondary N) is 1. The molecule has 0 spiro atoms. The summed E-state index contributed by atoms with van der Waals surface area (Å²) in [5.41, 5.74) is -0.266. The van der Waals surface area contributed by atoms with Gasteiger partial charge in [-0.1, -0.05) is 12.1 Å². The molecule has 0 bridgehead atoms. The predicted octanol–water partition coefficient (Wildman–Crippen LogP) is 2.34. The van der Waals surface area contributed by atoms with Gasteiger partial charge in [0.25, 0.3) is 5.91 Å². The molecule has 0 aliphatic carbocycles. The third-order valence-corrected chi connectivity index (χ3v) is 3.04. The molecule has 128 valence electrons. The van der Waals surface area contributed by atoms with Crippen molar-refractivity contribution in [3.05, 3.63) is 69.5 Å². The average Bonchev–Trinajstić information content (AvgIpc) is 2.61. The molecule has 8 nitrogen and oxygen atoms in total. The maximum atomic E-state index is 13.2. The highest BCUT2D eigenvalue weighted by Crippen LogP contribution is 2.21. The minimum atomic E-state index is -1.03. The lowest BCUT2D eigenvalue weighted by Gasteiger charge is -2.07. The van der Waals surface area contributed by atoms with E-state index in [0.29, 0.717) is 11.8 Å². The molecule has 1 N–H and O–H groups in total. The number of carbonyl (C=O) groups is 3. The van der Waals surface area contributed by atoms with Gasteiger partial charge >= 0.3 is 11.7 Å². The monoisotopic (exact) mass is 346 g/mol. The number of carbonyl (C=O) groups excluding carboxylic acids is 3. The van der Waals surface area contributed by atoms with Crippen LogP contribution in [-0.2, 0) is 9.53 Å². The Hall–Kier alpha value is -3.62. The first-order valence-electron chi connectivity index (χ1n) is 6.87. The van der Waals surface area contributed by atoms with Crippen LogP contribution in [-0.4, -0.2) is 29.7 Å². The minimum absolute atomic E-state index is 0.00974. The second-order valence-electron chi connectivity index (χ2n) is 4.79. The van der Waals surface area contributed by atoms with E-state index in [2.05, 4.69) is 5.32 Å². The summed E-state index contributed by atoms with van der Waals surface area (Å²) in [6.07, 6.45) is 0.616. The topological polar surface area (TPSA) is 116 Å². The summed E-state index contributed by atoms with van der Waals surface area (Å²) >= 11 is 0. The molecule has 25 heavy (non-hydrogen) atoms. The van der Waals surface area contributed by atoms with Crippen molar-refractivity contribution in [2.45, 2.75) is 0 Å². The molecule has 0 aromatic heterocycles. The Bertz CT molecular complexity index is 835. The van der Waals surface area contributed by atoms with Crippen molar-refractivity contribution >= 4 is 29.5 Å². The van der Waals surface area contributed by atoms with Gasteiger partial charge in [-0.15, -0.1) is 0 Å². The van der Waals surface area contributed by atoms with Crippen LogP contribution in [0.1, 0.15) is 20.7 Å². The molecular weight excluding hydrogens is 335 g/mol. The lowest BCUT2D eigenvalue weighted by atomic mass is 10.1. The molecule has 2 rings (SSSR count). The highest BCUT2D eigenvalue weighted by molar-refractivity contribution is 5.95. The molecule has 0 atom stereocenters. The van der Waals surface area contributed by atoms with Gasteiger partial charge in [0.05, 0.1) is 10.5 Å². The van der Waals surface area contributed by atoms with Crippen LogP contribution in [0.15, 0.2) is 42.5 Å². The van der Waals surface area contributed by atoms with Crippen molar-refractivity contribution in [1.82, 2.24) is 0 Å². The molecule has 2 aromatic carbocycles. The first-order chi connectivity index (χ1) is 11.9. The van der Waals surface area contributed by atoms with Crippen molar-refractivity contribution < 1.29 is 28.4 Å². The molecule has 0 unspecified atom stereocenters. The largest absolute Gasteiger partial charge is 0.452 e. The van der Waals surface area contributed by atoms with Gasteiger partial charge in [-0.2, -0.15) is 4.39 Å². The molecule has 1 amide bonds. The van der Waals surface area contributed by atoms with Crippen LogP contribution in [0.5, 0.6) is 0 Å². The van der Waals surface area contributed by atoms with E-state index in [0.717, 1.165) is 18.2 Å². The van der Waals surface area contributed by atoms with Gasteiger partial charge in [0.15, 0.2) is 6.61 Å². The van der Waals surface area contributed by atoms with Gasteiger partial charge in [-0.3, -0.25) is 19.7 Å². The van der Waals surface area contributed by atoms with Gasteiger partial charge in [0.2, 0.25) is 5.82 Å². The van der Waals surface area contributed by atoms with Crippen molar-refractivity contribution in [3.63, 3.8) is 0 Å². The predicted molar refractivity (Wildman–Crippen MR) is 83.8 cm³/mol. The summed E-state index contributed by atoms with van der Waals surface area (Å²) in [6.45, 7) is -0.639. The number of benzene rings is 2. The Labute approximate surface area is 140 Å². The molecule has 0 aliphatic rings. The fourth-order valence-corrected chi connectivity index (χ4v) is 1.84. The Balaban J connectivity index is 1.94. The molecular formula is C16H11FN2O6. The summed E-state index contributed by atoms with van der Waals surface area (Å²) in [4.78, 5) is 43.7. The summed E-state index contributed by atoms with van der Waals surface area (Å²) in [5.74, 6) is -2.57. The van der Waals surface area contributed by atoms with Gasteiger partial charge in [0.1, 0.15) is 6.29 Å². The lowest BCUT2D eigenvalue weighted by molar-refractivity contribution is -0.387. The van der Waals surface area contributed by atoms with Crippen molar-refractivity contribution in [3.8, 4) is 0 Å². The first kappa shape index (κ1) is 17.7. The number of amides is 1. The molecule has 0 fully saturated rings. The molecule has 0 heterocycles. The fourth-order valence-electron chi connectivity index (χ4n) is 1.84. The fraction of sp³-hybridized carbons (Fsp3) is 0.0625. The average molecular weight is 346 g/mol. The summed E-state index contributed by atoms with van der Waals surface area (Å²) < 4.78 is 18.0. The number of hydrogen-bond acceptors (Lipinski definition) is 6. The molecule has 0 radical (unpaired) electrons. The Kier molecular flexibility index (Phi) is 5.51. The van der Waals surface area contributed by atoms with E-state index in [1.807, 2.05) is 0 Å². The van der Waals surface area contributed by atoms with Crippen LogP contribution < -0.4 is 5.32 Å². The Morgan fingerprint density at radius 1 is 1.20 bits per heavy atom. The van der Waals surface area contributed by atoms with Gasteiger partial charge in [0, 0.05) is 17.3 Å². The summed E-state index contributed by atoms with van der Waals surface area (Å²) in [6, 6.07) is 8.41. The maximum Gasteiger partial charge on any atom is 0.338 e. The van der Waals surface area contributed by atoms with E-state index in [1.54, 1.807) is 0 Å². The third kappa shape index (κ3) is 4.67. The highest BCUT2D eigenvalue weighted by Gasteiger charge is 2.16. The molecule has 9 heteroatoms. The van der Waals surface area contributed by atoms with Crippen LogP contribution in [0.4, 0.5) is 15.8 Å². The van der Waals surface area contributed by atoms with E-state index >= 15 is 0 Å². The van der Waals surface area contributed by atoms with Crippen molar-refractivity contribution in [1.29, 1.82) is 0 Å².